The maximum absolute atomic E-state index is 11.6. The third-order valence-corrected chi connectivity index (χ3v) is 4.53. The average molecular weight is 301 g/mol. The fraction of sp³-hybridized carbons (Fsp3) is 0.133. The van der Waals surface area contributed by atoms with Gasteiger partial charge in [-0.2, -0.15) is 0 Å². The molecule has 2 aromatic carbocycles. The Kier molecular flexibility index (Phi) is 2.98. The molecule has 0 unspecified atom stereocenters. The lowest BCUT2D eigenvalue weighted by molar-refractivity contribution is 0.602. The number of aryl methyl sites for hydroxylation is 1. The summed E-state index contributed by atoms with van der Waals surface area (Å²) < 4.78 is 23.2. The zero-order valence-corrected chi connectivity index (χ0v) is 12.5. The van der Waals surface area contributed by atoms with Gasteiger partial charge in [0.1, 0.15) is 5.82 Å². The third kappa shape index (κ3) is 2.38. The Balaban J connectivity index is 2.23. The standard InChI is InChI=1S/C15H15N3O2S/c1-9-4-3-5-11(16)14(9)15-17-12-7-6-10(21(2,19)20)8-13(12)18-15/h3-8H,16H2,1-2H3,(H,17,18). The van der Waals surface area contributed by atoms with Gasteiger partial charge in [-0.25, -0.2) is 13.4 Å². The van der Waals surface area contributed by atoms with Crippen LogP contribution in [0.1, 0.15) is 5.56 Å². The quantitative estimate of drug-likeness (QED) is 0.712. The summed E-state index contributed by atoms with van der Waals surface area (Å²) >= 11 is 0. The van der Waals surface area contributed by atoms with Crippen molar-refractivity contribution in [3.05, 3.63) is 42.0 Å². The zero-order chi connectivity index (χ0) is 15.2. The Morgan fingerprint density at radius 1 is 1.19 bits per heavy atom. The van der Waals surface area contributed by atoms with E-state index in [1.54, 1.807) is 18.2 Å². The van der Waals surface area contributed by atoms with E-state index in [2.05, 4.69) is 9.97 Å². The molecule has 21 heavy (non-hydrogen) atoms. The first-order valence-electron chi connectivity index (χ1n) is 6.41. The Morgan fingerprint density at radius 2 is 1.95 bits per heavy atom. The number of anilines is 1. The molecule has 5 nitrogen and oxygen atoms in total. The van der Waals surface area contributed by atoms with Crippen molar-refractivity contribution in [3.8, 4) is 11.4 Å². The smallest absolute Gasteiger partial charge is 0.175 e. The predicted octanol–water partition coefficient (Wildman–Crippen LogP) is 2.52. The SMILES string of the molecule is Cc1cccc(N)c1-c1nc2ccc(S(C)(=O)=O)cc2[nH]1. The van der Waals surface area contributed by atoms with Crippen LogP contribution in [0.4, 0.5) is 5.69 Å². The van der Waals surface area contributed by atoms with Crippen LogP contribution in [0.2, 0.25) is 0 Å². The maximum atomic E-state index is 11.6. The Hall–Kier alpha value is -2.34. The summed E-state index contributed by atoms with van der Waals surface area (Å²) in [6.45, 7) is 1.96. The molecule has 0 spiro atoms. The van der Waals surface area contributed by atoms with Crippen LogP contribution in [0.15, 0.2) is 41.3 Å². The molecule has 0 bridgehead atoms. The highest BCUT2D eigenvalue weighted by Crippen LogP contribution is 2.29. The monoisotopic (exact) mass is 301 g/mol. The molecule has 1 heterocycles. The Morgan fingerprint density at radius 3 is 2.62 bits per heavy atom. The number of imidazole rings is 1. The van der Waals surface area contributed by atoms with Crippen molar-refractivity contribution in [2.45, 2.75) is 11.8 Å². The molecule has 3 N–H and O–H groups in total. The van der Waals surface area contributed by atoms with Gasteiger partial charge in [0.2, 0.25) is 0 Å². The van der Waals surface area contributed by atoms with Gasteiger partial charge in [0.15, 0.2) is 9.84 Å². The number of nitrogens with two attached hydrogens (primary N) is 1. The number of benzene rings is 2. The lowest BCUT2D eigenvalue weighted by Crippen LogP contribution is -1.96. The van der Waals surface area contributed by atoms with E-state index in [1.165, 1.54) is 6.26 Å². The van der Waals surface area contributed by atoms with Crippen molar-refractivity contribution in [2.24, 2.45) is 0 Å². The van der Waals surface area contributed by atoms with Crippen molar-refractivity contribution in [2.75, 3.05) is 12.0 Å². The van der Waals surface area contributed by atoms with E-state index >= 15 is 0 Å². The maximum Gasteiger partial charge on any atom is 0.175 e. The van der Waals surface area contributed by atoms with Gasteiger partial charge in [-0.15, -0.1) is 0 Å². The largest absolute Gasteiger partial charge is 0.398 e. The van der Waals surface area contributed by atoms with Crippen LogP contribution >= 0.6 is 0 Å². The second-order valence-electron chi connectivity index (χ2n) is 5.08. The van der Waals surface area contributed by atoms with E-state index in [1.807, 2.05) is 25.1 Å². The van der Waals surface area contributed by atoms with Crippen LogP contribution in [0.25, 0.3) is 22.4 Å². The van der Waals surface area contributed by atoms with Gasteiger partial charge >= 0.3 is 0 Å². The first-order chi connectivity index (χ1) is 9.86. The second kappa shape index (κ2) is 4.60. The molecular weight excluding hydrogens is 286 g/mol. The molecule has 6 heteroatoms. The third-order valence-electron chi connectivity index (χ3n) is 3.42. The molecule has 3 aromatic rings. The lowest BCUT2D eigenvalue weighted by Gasteiger charge is -2.05. The van der Waals surface area contributed by atoms with Crippen molar-refractivity contribution < 1.29 is 8.42 Å². The van der Waals surface area contributed by atoms with Crippen molar-refractivity contribution >= 4 is 26.6 Å². The highest BCUT2D eigenvalue weighted by atomic mass is 32.2. The van der Waals surface area contributed by atoms with Gasteiger partial charge in [0.05, 0.1) is 15.9 Å². The molecule has 0 saturated heterocycles. The van der Waals surface area contributed by atoms with E-state index in [-0.39, 0.29) is 4.90 Å². The van der Waals surface area contributed by atoms with Crippen molar-refractivity contribution in [1.29, 1.82) is 0 Å². The highest BCUT2D eigenvalue weighted by Gasteiger charge is 2.13. The number of aromatic amines is 1. The fourth-order valence-corrected chi connectivity index (χ4v) is 3.00. The molecule has 0 atom stereocenters. The van der Waals surface area contributed by atoms with E-state index < -0.39 is 9.84 Å². The minimum absolute atomic E-state index is 0.267. The van der Waals surface area contributed by atoms with E-state index in [4.69, 9.17) is 5.73 Å². The molecule has 0 radical (unpaired) electrons. The number of hydrogen-bond acceptors (Lipinski definition) is 4. The van der Waals surface area contributed by atoms with E-state index in [0.29, 0.717) is 22.5 Å². The summed E-state index contributed by atoms with van der Waals surface area (Å²) in [5.74, 6) is 0.645. The number of hydrogen-bond donors (Lipinski definition) is 2. The Bertz CT molecular complexity index is 922. The number of nitrogens with zero attached hydrogens (tertiary/aromatic N) is 1. The highest BCUT2D eigenvalue weighted by molar-refractivity contribution is 7.90. The first kappa shape index (κ1) is 13.6. The van der Waals surface area contributed by atoms with Crippen molar-refractivity contribution in [3.63, 3.8) is 0 Å². The van der Waals surface area contributed by atoms with Crippen LogP contribution < -0.4 is 5.73 Å². The van der Waals surface area contributed by atoms with E-state index in [0.717, 1.165) is 11.1 Å². The Labute approximate surface area is 122 Å². The molecule has 0 fully saturated rings. The van der Waals surface area contributed by atoms with Crippen LogP contribution in [0.5, 0.6) is 0 Å². The van der Waals surface area contributed by atoms with Gasteiger partial charge in [-0.1, -0.05) is 12.1 Å². The van der Waals surface area contributed by atoms with Gasteiger partial charge in [0.25, 0.3) is 0 Å². The molecule has 0 amide bonds. The number of aromatic nitrogens is 2. The molecule has 108 valence electrons. The van der Waals surface area contributed by atoms with Gasteiger partial charge in [0, 0.05) is 17.5 Å². The second-order valence-corrected chi connectivity index (χ2v) is 7.09. The van der Waals surface area contributed by atoms with Crippen LogP contribution in [0.3, 0.4) is 0 Å². The average Bonchev–Trinajstić information content (AvgIpc) is 2.79. The summed E-state index contributed by atoms with van der Waals surface area (Å²) in [5.41, 5.74) is 9.89. The van der Waals surface area contributed by atoms with Crippen molar-refractivity contribution in [1.82, 2.24) is 9.97 Å². The summed E-state index contributed by atoms with van der Waals surface area (Å²) in [4.78, 5) is 7.91. The van der Waals surface area contributed by atoms with Crippen LogP contribution in [-0.2, 0) is 9.84 Å². The van der Waals surface area contributed by atoms with Gasteiger partial charge in [-0.3, -0.25) is 0 Å². The number of fused-ring (bicyclic) bond motifs is 1. The summed E-state index contributed by atoms with van der Waals surface area (Å²) in [6, 6.07) is 10.5. The minimum atomic E-state index is -3.24. The molecule has 3 rings (SSSR count). The fourth-order valence-electron chi connectivity index (χ4n) is 2.35. The molecule has 0 saturated carbocycles. The normalized spacial score (nSPS) is 11.9. The number of nitrogens with one attached hydrogen (secondary N) is 1. The number of H-pyrrole nitrogens is 1. The van der Waals surface area contributed by atoms with Crippen LogP contribution in [-0.4, -0.2) is 24.6 Å². The summed E-state index contributed by atoms with van der Waals surface area (Å²) in [7, 11) is -3.24. The van der Waals surface area contributed by atoms with E-state index in [9.17, 15) is 8.42 Å². The number of rotatable bonds is 2. The predicted molar refractivity (Wildman–Crippen MR) is 83.8 cm³/mol. The summed E-state index contributed by atoms with van der Waals surface area (Å²) in [6.07, 6.45) is 1.19. The summed E-state index contributed by atoms with van der Waals surface area (Å²) in [5, 5.41) is 0. The van der Waals surface area contributed by atoms with Gasteiger partial charge < -0.3 is 10.7 Å². The first-order valence-corrected chi connectivity index (χ1v) is 8.31. The zero-order valence-electron chi connectivity index (χ0n) is 11.7. The topological polar surface area (TPSA) is 88.8 Å². The molecular formula is C15H15N3O2S. The van der Waals surface area contributed by atoms with Crippen LogP contribution in [0, 0.1) is 6.92 Å². The number of sulfone groups is 1. The van der Waals surface area contributed by atoms with Gasteiger partial charge in [-0.05, 0) is 36.8 Å². The molecule has 1 aromatic heterocycles. The minimum Gasteiger partial charge on any atom is -0.398 e. The molecule has 0 aliphatic carbocycles. The molecule has 0 aliphatic heterocycles. The number of nitrogen functional groups attached to an aromatic ring is 1. The lowest BCUT2D eigenvalue weighted by atomic mass is 10.1. The molecule has 0 aliphatic rings.